The lowest BCUT2D eigenvalue weighted by Crippen LogP contribution is -2.28. The standard InChI is InChI=1S/C22H23N3O2S2/c1-13-6-10-15(11-7-13)25-21(27)19-16-4-2-3-5-17(16)29-20(19)24-22(25)28-12-18(26)23-14-8-9-14/h6-7,10-11,14H,2-5,8-9,12H2,1H3,(H,23,26). The van der Waals surface area contributed by atoms with Crippen molar-refractivity contribution in [3.8, 4) is 5.69 Å². The lowest BCUT2D eigenvalue weighted by molar-refractivity contribution is -0.118. The molecule has 0 spiro atoms. The van der Waals surface area contributed by atoms with Crippen LogP contribution in [0.2, 0.25) is 0 Å². The zero-order valence-electron chi connectivity index (χ0n) is 16.4. The van der Waals surface area contributed by atoms with Crippen LogP contribution in [0.3, 0.4) is 0 Å². The molecule has 0 saturated heterocycles. The van der Waals surface area contributed by atoms with Gasteiger partial charge in [-0.3, -0.25) is 14.2 Å². The van der Waals surface area contributed by atoms with Gasteiger partial charge in [0.2, 0.25) is 5.91 Å². The van der Waals surface area contributed by atoms with Crippen LogP contribution in [-0.4, -0.2) is 27.3 Å². The molecular formula is C22H23N3O2S2. The summed E-state index contributed by atoms with van der Waals surface area (Å²) in [7, 11) is 0. The van der Waals surface area contributed by atoms with Gasteiger partial charge >= 0.3 is 0 Å². The fourth-order valence-electron chi connectivity index (χ4n) is 3.83. The second-order valence-electron chi connectivity index (χ2n) is 7.89. The summed E-state index contributed by atoms with van der Waals surface area (Å²) in [5.41, 5.74) is 3.12. The Balaban J connectivity index is 1.60. The first-order valence-electron chi connectivity index (χ1n) is 10.2. The molecule has 2 aliphatic carbocycles. The molecule has 3 aromatic rings. The van der Waals surface area contributed by atoms with Crippen molar-refractivity contribution in [3.05, 3.63) is 50.6 Å². The molecule has 1 aromatic carbocycles. The summed E-state index contributed by atoms with van der Waals surface area (Å²) < 4.78 is 1.69. The topological polar surface area (TPSA) is 64.0 Å². The molecule has 0 aliphatic heterocycles. The number of aromatic nitrogens is 2. The molecule has 0 radical (unpaired) electrons. The molecule has 0 bridgehead atoms. The van der Waals surface area contributed by atoms with E-state index in [0.29, 0.717) is 11.2 Å². The van der Waals surface area contributed by atoms with E-state index in [0.717, 1.165) is 53.6 Å². The quantitative estimate of drug-likeness (QED) is 0.496. The average molecular weight is 426 g/mol. The van der Waals surface area contributed by atoms with Crippen molar-refractivity contribution in [3.63, 3.8) is 0 Å². The Bertz CT molecular complexity index is 1140. The summed E-state index contributed by atoms with van der Waals surface area (Å²) in [6, 6.07) is 8.25. The van der Waals surface area contributed by atoms with Crippen LogP contribution in [0, 0.1) is 6.92 Å². The van der Waals surface area contributed by atoms with Crippen LogP contribution < -0.4 is 10.9 Å². The third-order valence-electron chi connectivity index (χ3n) is 5.53. The Kier molecular flexibility index (Phi) is 4.95. The van der Waals surface area contributed by atoms with Crippen molar-refractivity contribution in [2.24, 2.45) is 0 Å². The van der Waals surface area contributed by atoms with Crippen molar-refractivity contribution in [2.75, 3.05) is 5.75 Å². The molecule has 2 heterocycles. The largest absolute Gasteiger partial charge is 0.353 e. The van der Waals surface area contributed by atoms with Crippen LogP contribution in [0.4, 0.5) is 0 Å². The Morgan fingerprint density at radius 1 is 1.24 bits per heavy atom. The molecule has 0 atom stereocenters. The van der Waals surface area contributed by atoms with Gasteiger partial charge in [0.15, 0.2) is 5.16 Å². The normalized spacial score (nSPS) is 16.0. The lowest BCUT2D eigenvalue weighted by Gasteiger charge is -2.14. The van der Waals surface area contributed by atoms with Gasteiger partial charge in [-0.05, 0) is 63.1 Å². The molecule has 1 amide bonds. The summed E-state index contributed by atoms with van der Waals surface area (Å²) >= 11 is 3.00. The molecule has 5 rings (SSSR count). The molecule has 150 valence electrons. The minimum Gasteiger partial charge on any atom is -0.353 e. The van der Waals surface area contributed by atoms with E-state index in [-0.39, 0.29) is 17.2 Å². The highest BCUT2D eigenvalue weighted by Gasteiger charge is 2.25. The molecule has 7 heteroatoms. The number of benzene rings is 1. The average Bonchev–Trinajstić information content (AvgIpc) is 3.44. The Morgan fingerprint density at radius 3 is 2.76 bits per heavy atom. The number of aryl methyl sites for hydroxylation is 3. The van der Waals surface area contributed by atoms with Crippen molar-refractivity contribution in [2.45, 2.75) is 56.6 Å². The van der Waals surface area contributed by atoms with Gasteiger partial charge in [0.1, 0.15) is 4.83 Å². The second-order valence-corrected chi connectivity index (χ2v) is 9.92. The van der Waals surface area contributed by atoms with Crippen LogP contribution in [0.1, 0.15) is 41.7 Å². The van der Waals surface area contributed by atoms with Gasteiger partial charge in [-0.25, -0.2) is 4.98 Å². The smallest absolute Gasteiger partial charge is 0.267 e. The fourth-order valence-corrected chi connectivity index (χ4v) is 5.96. The number of nitrogens with zero attached hydrogens (tertiary/aromatic N) is 2. The minimum absolute atomic E-state index is 0.00720. The van der Waals surface area contributed by atoms with Gasteiger partial charge < -0.3 is 5.32 Å². The summed E-state index contributed by atoms with van der Waals surface area (Å²) in [6.45, 7) is 2.03. The SMILES string of the molecule is Cc1ccc(-n2c(SCC(=O)NC3CC3)nc3sc4c(c3c2=O)CCCC4)cc1. The highest BCUT2D eigenvalue weighted by atomic mass is 32.2. The van der Waals surface area contributed by atoms with Gasteiger partial charge in [0.05, 0.1) is 16.8 Å². The first-order chi connectivity index (χ1) is 14.1. The number of thiophene rings is 1. The number of hydrogen-bond donors (Lipinski definition) is 1. The van der Waals surface area contributed by atoms with Gasteiger partial charge in [-0.2, -0.15) is 0 Å². The van der Waals surface area contributed by atoms with E-state index in [2.05, 4.69) is 5.32 Å². The second kappa shape index (κ2) is 7.61. The molecule has 5 nitrogen and oxygen atoms in total. The maximum atomic E-state index is 13.6. The molecule has 2 aromatic heterocycles. The molecule has 2 aliphatic rings. The maximum Gasteiger partial charge on any atom is 0.267 e. The van der Waals surface area contributed by atoms with Crippen molar-refractivity contribution in [1.82, 2.24) is 14.9 Å². The molecule has 1 fully saturated rings. The number of carbonyl (C=O) groups is 1. The van der Waals surface area contributed by atoms with E-state index >= 15 is 0 Å². The Hall–Kier alpha value is -2.12. The summed E-state index contributed by atoms with van der Waals surface area (Å²) in [5, 5.41) is 4.38. The summed E-state index contributed by atoms with van der Waals surface area (Å²) in [6.07, 6.45) is 6.42. The highest BCUT2D eigenvalue weighted by molar-refractivity contribution is 7.99. The fraction of sp³-hybridized carbons (Fsp3) is 0.409. The lowest BCUT2D eigenvalue weighted by atomic mass is 9.97. The molecule has 1 saturated carbocycles. The Labute approximate surface area is 177 Å². The molecule has 29 heavy (non-hydrogen) atoms. The van der Waals surface area contributed by atoms with Crippen molar-refractivity contribution >= 4 is 39.2 Å². The monoisotopic (exact) mass is 425 g/mol. The first kappa shape index (κ1) is 18.9. The highest BCUT2D eigenvalue weighted by Crippen LogP contribution is 2.35. The Morgan fingerprint density at radius 2 is 2.00 bits per heavy atom. The maximum absolute atomic E-state index is 13.6. The number of rotatable bonds is 5. The van der Waals surface area contributed by atoms with E-state index in [1.807, 2.05) is 31.2 Å². The predicted octanol–water partition coefficient (Wildman–Crippen LogP) is 4.01. The third kappa shape index (κ3) is 3.73. The minimum atomic E-state index is -0.0108. The number of fused-ring (bicyclic) bond motifs is 3. The predicted molar refractivity (Wildman–Crippen MR) is 118 cm³/mol. The molecular weight excluding hydrogens is 402 g/mol. The van der Waals surface area contributed by atoms with E-state index in [1.165, 1.54) is 28.6 Å². The van der Waals surface area contributed by atoms with E-state index < -0.39 is 0 Å². The van der Waals surface area contributed by atoms with Gasteiger partial charge in [0.25, 0.3) is 5.56 Å². The number of thioether (sulfide) groups is 1. The van der Waals surface area contributed by atoms with Gasteiger partial charge in [0, 0.05) is 10.9 Å². The third-order valence-corrected chi connectivity index (χ3v) is 7.65. The van der Waals surface area contributed by atoms with Gasteiger partial charge in [-0.15, -0.1) is 11.3 Å². The zero-order valence-corrected chi connectivity index (χ0v) is 18.0. The van der Waals surface area contributed by atoms with Crippen LogP contribution >= 0.6 is 23.1 Å². The summed E-state index contributed by atoms with van der Waals surface area (Å²) in [5.74, 6) is 0.276. The van der Waals surface area contributed by atoms with Crippen molar-refractivity contribution < 1.29 is 4.79 Å². The number of amides is 1. The van der Waals surface area contributed by atoms with Crippen LogP contribution in [0.5, 0.6) is 0 Å². The molecule has 1 N–H and O–H groups in total. The molecule has 0 unspecified atom stereocenters. The zero-order chi connectivity index (χ0) is 20.0. The summed E-state index contributed by atoms with van der Waals surface area (Å²) in [4.78, 5) is 32.8. The number of hydrogen-bond acceptors (Lipinski definition) is 5. The van der Waals surface area contributed by atoms with Crippen LogP contribution in [0.15, 0.2) is 34.2 Å². The van der Waals surface area contributed by atoms with Gasteiger partial charge in [-0.1, -0.05) is 29.5 Å². The van der Waals surface area contributed by atoms with E-state index in [9.17, 15) is 9.59 Å². The van der Waals surface area contributed by atoms with E-state index in [1.54, 1.807) is 15.9 Å². The number of carbonyl (C=O) groups excluding carboxylic acids is 1. The first-order valence-corrected chi connectivity index (χ1v) is 12.0. The van der Waals surface area contributed by atoms with Crippen LogP contribution in [0.25, 0.3) is 15.9 Å². The van der Waals surface area contributed by atoms with E-state index in [4.69, 9.17) is 4.98 Å². The van der Waals surface area contributed by atoms with Crippen LogP contribution in [-0.2, 0) is 17.6 Å². The van der Waals surface area contributed by atoms with Crippen molar-refractivity contribution in [1.29, 1.82) is 0 Å². The number of nitrogens with one attached hydrogen (secondary N) is 1.